The van der Waals surface area contributed by atoms with Gasteiger partial charge in [-0.2, -0.15) is 0 Å². The minimum absolute atomic E-state index is 0.462. The number of benzene rings is 1. The smallest absolute Gasteiger partial charge is 0.146 e. The standard InChI is InChI=1S/C20H19N5/c1-12-5-4-8-25-18(12)16(17-19(21)23-11-24-20(17)25)14-9-13-6-2-3-7-15(13)22-10-14/h2-3,6-7,9-12H,4-5,8H2,1H3,(H2,21,23,24)/t12-/m0/s1. The Morgan fingerprint density at radius 2 is 2.04 bits per heavy atom. The Morgan fingerprint density at radius 3 is 2.96 bits per heavy atom. The van der Waals surface area contributed by atoms with Crippen molar-refractivity contribution < 1.29 is 0 Å². The lowest BCUT2D eigenvalue weighted by Crippen LogP contribution is -2.14. The van der Waals surface area contributed by atoms with Crippen LogP contribution in [-0.4, -0.2) is 19.5 Å². The van der Waals surface area contributed by atoms with Crippen LogP contribution in [0.2, 0.25) is 0 Å². The van der Waals surface area contributed by atoms with Crippen LogP contribution in [-0.2, 0) is 6.54 Å². The minimum atomic E-state index is 0.462. The molecule has 1 atom stereocenters. The first kappa shape index (κ1) is 14.4. The van der Waals surface area contributed by atoms with Crippen LogP contribution in [0.1, 0.15) is 31.4 Å². The van der Waals surface area contributed by atoms with E-state index in [0.717, 1.165) is 46.0 Å². The van der Waals surface area contributed by atoms with E-state index < -0.39 is 0 Å². The van der Waals surface area contributed by atoms with Gasteiger partial charge in [-0.3, -0.25) is 4.98 Å². The van der Waals surface area contributed by atoms with Crippen LogP contribution in [0.5, 0.6) is 0 Å². The van der Waals surface area contributed by atoms with Crippen LogP contribution >= 0.6 is 0 Å². The fraction of sp³-hybridized carbons (Fsp3) is 0.250. The SMILES string of the molecule is C[C@H]1CCCn2c1c(-c1cnc3ccccc3c1)c1c(N)ncnc12. The second-order valence-corrected chi connectivity index (χ2v) is 6.83. The first-order chi connectivity index (χ1) is 12.2. The summed E-state index contributed by atoms with van der Waals surface area (Å²) in [5.41, 5.74) is 11.8. The van der Waals surface area contributed by atoms with Crippen molar-refractivity contribution in [1.29, 1.82) is 0 Å². The first-order valence-electron chi connectivity index (χ1n) is 8.72. The van der Waals surface area contributed by atoms with Crippen LogP contribution in [0.4, 0.5) is 5.82 Å². The molecule has 0 saturated carbocycles. The molecule has 5 rings (SSSR count). The van der Waals surface area contributed by atoms with Gasteiger partial charge in [-0.15, -0.1) is 0 Å². The molecule has 4 aromatic rings. The topological polar surface area (TPSA) is 69.6 Å². The van der Waals surface area contributed by atoms with Gasteiger partial charge in [-0.25, -0.2) is 9.97 Å². The number of rotatable bonds is 1. The number of aromatic nitrogens is 4. The lowest BCUT2D eigenvalue weighted by atomic mass is 9.92. The average Bonchev–Trinajstić information content (AvgIpc) is 2.99. The molecule has 5 heteroatoms. The third-order valence-corrected chi connectivity index (χ3v) is 5.27. The monoisotopic (exact) mass is 329 g/mol. The summed E-state index contributed by atoms with van der Waals surface area (Å²) in [6.07, 6.45) is 5.85. The van der Waals surface area contributed by atoms with Crippen LogP contribution < -0.4 is 5.73 Å². The summed E-state index contributed by atoms with van der Waals surface area (Å²) < 4.78 is 2.33. The summed E-state index contributed by atoms with van der Waals surface area (Å²) in [6.45, 7) is 3.26. The molecular weight excluding hydrogens is 310 g/mol. The molecule has 1 aromatic carbocycles. The second kappa shape index (κ2) is 5.28. The van der Waals surface area contributed by atoms with E-state index in [-0.39, 0.29) is 0 Å². The number of aryl methyl sites for hydroxylation is 1. The van der Waals surface area contributed by atoms with Gasteiger partial charge in [0.25, 0.3) is 0 Å². The lowest BCUT2D eigenvalue weighted by Gasteiger charge is -2.23. The van der Waals surface area contributed by atoms with Crippen LogP contribution in [0.25, 0.3) is 33.1 Å². The Labute approximate surface area is 145 Å². The minimum Gasteiger partial charge on any atom is -0.383 e. The van der Waals surface area contributed by atoms with Crippen molar-refractivity contribution in [3.63, 3.8) is 0 Å². The highest BCUT2D eigenvalue weighted by molar-refractivity contribution is 6.03. The van der Waals surface area contributed by atoms with Crippen molar-refractivity contribution in [2.45, 2.75) is 32.2 Å². The number of para-hydroxylation sites is 1. The van der Waals surface area contributed by atoms with E-state index >= 15 is 0 Å². The average molecular weight is 329 g/mol. The predicted octanol–water partition coefficient (Wildman–Crippen LogP) is 4.13. The molecule has 0 saturated heterocycles. The number of hydrogen-bond donors (Lipinski definition) is 1. The van der Waals surface area contributed by atoms with Crippen molar-refractivity contribution in [3.8, 4) is 11.1 Å². The summed E-state index contributed by atoms with van der Waals surface area (Å²) in [4.78, 5) is 13.5. The van der Waals surface area contributed by atoms with Crippen LogP contribution in [0.15, 0.2) is 42.9 Å². The molecule has 0 aliphatic carbocycles. The largest absolute Gasteiger partial charge is 0.383 e. The number of fused-ring (bicyclic) bond motifs is 4. The van der Waals surface area contributed by atoms with Gasteiger partial charge in [0, 0.05) is 34.9 Å². The Kier molecular flexibility index (Phi) is 3.04. The van der Waals surface area contributed by atoms with Gasteiger partial charge in [0.1, 0.15) is 17.8 Å². The quantitative estimate of drug-likeness (QED) is 0.570. The number of nitrogen functional groups attached to an aromatic ring is 1. The Bertz CT molecular complexity index is 1110. The maximum atomic E-state index is 6.28. The Hall–Kier alpha value is -2.95. The fourth-order valence-electron chi connectivity index (χ4n) is 4.14. The molecule has 5 nitrogen and oxygen atoms in total. The van der Waals surface area contributed by atoms with Gasteiger partial charge in [0.05, 0.1) is 10.9 Å². The molecule has 0 bridgehead atoms. The van der Waals surface area contributed by atoms with Gasteiger partial charge in [0.15, 0.2) is 0 Å². The van der Waals surface area contributed by atoms with Gasteiger partial charge in [0.2, 0.25) is 0 Å². The number of nitrogens with two attached hydrogens (primary N) is 1. The van der Waals surface area contributed by atoms with E-state index in [1.807, 2.05) is 24.4 Å². The van der Waals surface area contributed by atoms with E-state index in [9.17, 15) is 0 Å². The fourth-order valence-corrected chi connectivity index (χ4v) is 4.14. The molecule has 25 heavy (non-hydrogen) atoms. The summed E-state index contributed by atoms with van der Waals surface area (Å²) in [5, 5.41) is 2.09. The molecule has 0 unspecified atom stereocenters. The summed E-state index contributed by atoms with van der Waals surface area (Å²) in [7, 11) is 0. The van der Waals surface area contributed by atoms with Crippen LogP contribution in [0.3, 0.4) is 0 Å². The summed E-state index contributed by atoms with van der Waals surface area (Å²) in [6, 6.07) is 10.4. The third-order valence-electron chi connectivity index (χ3n) is 5.27. The highest BCUT2D eigenvalue weighted by atomic mass is 15.1. The Balaban J connectivity index is 1.89. The summed E-state index contributed by atoms with van der Waals surface area (Å²) in [5.74, 6) is 1.01. The zero-order valence-corrected chi connectivity index (χ0v) is 14.1. The van der Waals surface area contributed by atoms with Gasteiger partial charge in [-0.05, 0) is 30.9 Å². The number of anilines is 1. The van der Waals surface area contributed by atoms with E-state index in [0.29, 0.717) is 11.7 Å². The molecule has 0 radical (unpaired) electrons. The van der Waals surface area contributed by atoms with Gasteiger partial charge >= 0.3 is 0 Å². The van der Waals surface area contributed by atoms with Gasteiger partial charge < -0.3 is 10.3 Å². The molecule has 0 spiro atoms. The van der Waals surface area contributed by atoms with E-state index in [1.165, 1.54) is 12.1 Å². The van der Waals surface area contributed by atoms with Crippen molar-refractivity contribution >= 4 is 27.8 Å². The molecule has 0 fully saturated rings. The molecule has 0 amide bonds. The molecule has 4 heterocycles. The van der Waals surface area contributed by atoms with Crippen molar-refractivity contribution in [3.05, 3.63) is 48.5 Å². The second-order valence-electron chi connectivity index (χ2n) is 6.83. The van der Waals surface area contributed by atoms with E-state index in [2.05, 4.69) is 38.6 Å². The van der Waals surface area contributed by atoms with Gasteiger partial charge in [-0.1, -0.05) is 25.1 Å². The molecule has 1 aliphatic rings. The van der Waals surface area contributed by atoms with Crippen molar-refractivity contribution in [1.82, 2.24) is 19.5 Å². The molecule has 124 valence electrons. The van der Waals surface area contributed by atoms with Crippen LogP contribution in [0, 0.1) is 0 Å². The maximum Gasteiger partial charge on any atom is 0.146 e. The number of nitrogens with zero attached hydrogens (tertiary/aromatic N) is 4. The zero-order valence-electron chi connectivity index (χ0n) is 14.1. The van der Waals surface area contributed by atoms with E-state index in [4.69, 9.17) is 5.73 Å². The number of hydrogen-bond acceptors (Lipinski definition) is 4. The maximum absolute atomic E-state index is 6.28. The molecule has 1 aliphatic heterocycles. The first-order valence-corrected chi connectivity index (χ1v) is 8.72. The Morgan fingerprint density at radius 1 is 1.16 bits per heavy atom. The third kappa shape index (κ3) is 2.05. The highest BCUT2D eigenvalue weighted by Gasteiger charge is 2.28. The number of pyridine rings is 1. The van der Waals surface area contributed by atoms with E-state index in [1.54, 1.807) is 6.33 Å². The highest BCUT2D eigenvalue weighted by Crippen LogP contribution is 2.43. The molecular formula is C20H19N5. The zero-order chi connectivity index (χ0) is 17.0. The summed E-state index contributed by atoms with van der Waals surface area (Å²) >= 11 is 0. The van der Waals surface area contributed by atoms with Crippen molar-refractivity contribution in [2.24, 2.45) is 0 Å². The molecule has 2 N–H and O–H groups in total. The molecule has 3 aromatic heterocycles. The van der Waals surface area contributed by atoms with Crippen molar-refractivity contribution in [2.75, 3.05) is 5.73 Å². The lowest BCUT2D eigenvalue weighted by molar-refractivity contribution is 0.483. The normalized spacial score (nSPS) is 17.1. The predicted molar refractivity (Wildman–Crippen MR) is 100 cm³/mol.